The van der Waals surface area contributed by atoms with E-state index in [-0.39, 0.29) is 11.9 Å². The molecular formula is C23H24N4OS. The van der Waals surface area contributed by atoms with Crippen molar-refractivity contribution in [2.45, 2.75) is 37.0 Å². The molecule has 1 aliphatic carbocycles. The van der Waals surface area contributed by atoms with Crippen LogP contribution in [0.3, 0.4) is 0 Å². The highest BCUT2D eigenvalue weighted by Crippen LogP contribution is 2.30. The number of nitrogens with one attached hydrogen (secondary N) is 1. The molecule has 29 heavy (non-hydrogen) atoms. The Morgan fingerprint density at radius 2 is 1.97 bits per heavy atom. The average molecular weight is 405 g/mol. The lowest BCUT2D eigenvalue weighted by molar-refractivity contribution is -0.119. The number of carbonyl (C=O) groups is 1. The lowest BCUT2D eigenvalue weighted by atomic mass is 9.88. The Morgan fingerprint density at radius 3 is 2.79 bits per heavy atom. The molecule has 0 fully saturated rings. The molecule has 1 aliphatic rings. The van der Waals surface area contributed by atoms with Gasteiger partial charge in [-0.05, 0) is 30.4 Å². The van der Waals surface area contributed by atoms with E-state index in [9.17, 15) is 4.79 Å². The van der Waals surface area contributed by atoms with Gasteiger partial charge >= 0.3 is 0 Å². The predicted octanol–water partition coefficient (Wildman–Crippen LogP) is 4.42. The first-order valence-corrected chi connectivity index (χ1v) is 10.8. The third-order valence-electron chi connectivity index (χ3n) is 5.10. The molecular weight excluding hydrogens is 380 g/mol. The average Bonchev–Trinajstić information content (AvgIpc) is 3.16. The van der Waals surface area contributed by atoms with Crippen LogP contribution < -0.4 is 5.32 Å². The zero-order chi connectivity index (χ0) is 20.1. The molecule has 0 aliphatic heterocycles. The van der Waals surface area contributed by atoms with Gasteiger partial charge in [0.1, 0.15) is 0 Å². The van der Waals surface area contributed by atoms with Crippen LogP contribution >= 0.6 is 11.8 Å². The minimum Gasteiger partial charge on any atom is -0.349 e. The van der Waals surface area contributed by atoms with Crippen molar-refractivity contribution in [1.82, 2.24) is 20.1 Å². The molecule has 1 amide bonds. The maximum Gasteiger partial charge on any atom is 0.230 e. The van der Waals surface area contributed by atoms with Crippen LogP contribution in [-0.2, 0) is 17.8 Å². The van der Waals surface area contributed by atoms with Gasteiger partial charge in [0.05, 0.1) is 11.8 Å². The Kier molecular flexibility index (Phi) is 6.10. The van der Waals surface area contributed by atoms with Crippen LogP contribution in [0.15, 0.2) is 72.4 Å². The lowest BCUT2D eigenvalue weighted by Crippen LogP contribution is -2.32. The smallest absolute Gasteiger partial charge is 0.230 e. The minimum atomic E-state index is 0.0196. The highest BCUT2D eigenvalue weighted by atomic mass is 32.2. The highest BCUT2D eigenvalue weighted by Gasteiger charge is 2.22. The summed E-state index contributed by atoms with van der Waals surface area (Å²) < 4.78 is 2.00. The second-order valence-corrected chi connectivity index (χ2v) is 8.01. The van der Waals surface area contributed by atoms with E-state index >= 15 is 0 Å². The topological polar surface area (TPSA) is 59.8 Å². The Labute approximate surface area is 175 Å². The van der Waals surface area contributed by atoms with E-state index < -0.39 is 0 Å². The molecule has 148 valence electrons. The van der Waals surface area contributed by atoms with E-state index in [1.807, 2.05) is 47.0 Å². The van der Waals surface area contributed by atoms with Crippen LogP contribution in [0.2, 0.25) is 0 Å². The summed E-state index contributed by atoms with van der Waals surface area (Å²) >= 11 is 1.41. The highest BCUT2D eigenvalue weighted by molar-refractivity contribution is 7.99. The van der Waals surface area contributed by atoms with Crippen molar-refractivity contribution < 1.29 is 4.79 Å². The summed E-state index contributed by atoms with van der Waals surface area (Å²) in [6.45, 7) is 4.43. The Hall–Kier alpha value is -2.86. The molecule has 0 saturated heterocycles. The third kappa shape index (κ3) is 4.43. The first-order valence-electron chi connectivity index (χ1n) is 9.85. The summed E-state index contributed by atoms with van der Waals surface area (Å²) in [6, 6.07) is 18.4. The molecule has 0 saturated carbocycles. The van der Waals surface area contributed by atoms with Crippen molar-refractivity contribution in [3.63, 3.8) is 0 Å². The fourth-order valence-electron chi connectivity index (χ4n) is 3.76. The van der Waals surface area contributed by atoms with E-state index in [4.69, 9.17) is 0 Å². The van der Waals surface area contributed by atoms with Gasteiger partial charge in [-0.3, -0.25) is 9.36 Å². The summed E-state index contributed by atoms with van der Waals surface area (Å²) in [7, 11) is 0. The van der Waals surface area contributed by atoms with E-state index in [0.717, 1.165) is 35.8 Å². The standard InChI is InChI=1S/C23H24N4OS/c1-2-15-27-22(18-10-4-3-5-11-18)25-26-23(27)29-16-21(28)24-20-14-8-12-17-9-6-7-13-19(17)20/h2-7,9-11,13,20H,1,8,12,14-16H2,(H,24,28). The molecule has 0 radical (unpaired) electrons. The molecule has 1 unspecified atom stereocenters. The van der Waals surface area contributed by atoms with Crippen LogP contribution in [0.5, 0.6) is 0 Å². The number of aromatic nitrogens is 3. The monoisotopic (exact) mass is 404 g/mol. The van der Waals surface area contributed by atoms with Gasteiger partial charge < -0.3 is 5.32 Å². The summed E-state index contributed by atoms with van der Waals surface area (Å²) in [5.74, 6) is 1.11. The number of rotatable bonds is 7. The molecule has 6 heteroatoms. The molecule has 1 atom stereocenters. The molecule has 0 spiro atoms. The zero-order valence-electron chi connectivity index (χ0n) is 16.3. The summed E-state index contributed by atoms with van der Waals surface area (Å²) in [4.78, 5) is 12.6. The van der Waals surface area contributed by atoms with Gasteiger partial charge in [0.25, 0.3) is 0 Å². The van der Waals surface area contributed by atoms with Crippen LogP contribution in [0.1, 0.15) is 30.0 Å². The van der Waals surface area contributed by atoms with Gasteiger partial charge in [-0.1, -0.05) is 72.4 Å². The summed E-state index contributed by atoms with van der Waals surface area (Å²) in [5.41, 5.74) is 3.59. The Balaban J connectivity index is 1.44. The van der Waals surface area contributed by atoms with Crippen LogP contribution in [0, 0.1) is 0 Å². The van der Waals surface area contributed by atoms with Gasteiger partial charge in [-0.15, -0.1) is 16.8 Å². The third-order valence-corrected chi connectivity index (χ3v) is 6.06. The van der Waals surface area contributed by atoms with Gasteiger partial charge in [0.2, 0.25) is 5.91 Å². The summed E-state index contributed by atoms with van der Waals surface area (Å²) in [6.07, 6.45) is 4.99. The molecule has 0 bridgehead atoms. The number of fused-ring (bicyclic) bond motifs is 1. The maximum absolute atomic E-state index is 12.6. The van der Waals surface area contributed by atoms with Crippen LogP contribution in [-0.4, -0.2) is 26.4 Å². The van der Waals surface area contributed by atoms with Gasteiger partial charge in [-0.2, -0.15) is 0 Å². The van der Waals surface area contributed by atoms with Crippen LogP contribution in [0.25, 0.3) is 11.4 Å². The lowest BCUT2D eigenvalue weighted by Gasteiger charge is -2.26. The minimum absolute atomic E-state index is 0.0196. The number of allylic oxidation sites excluding steroid dienone is 1. The van der Waals surface area contributed by atoms with Crippen molar-refractivity contribution in [1.29, 1.82) is 0 Å². The summed E-state index contributed by atoms with van der Waals surface area (Å²) in [5, 5.41) is 12.6. The Morgan fingerprint density at radius 1 is 1.17 bits per heavy atom. The predicted molar refractivity (Wildman–Crippen MR) is 117 cm³/mol. The van der Waals surface area contributed by atoms with E-state index in [2.05, 4.69) is 40.3 Å². The van der Waals surface area contributed by atoms with Crippen molar-refractivity contribution in [2.24, 2.45) is 0 Å². The van der Waals surface area contributed by atoms with Gasteiger partial charge in [-0.25, -0.2) is 0 Å². The molecule has 1 heterocycles. The molecule has 4 rings (SSSR count). The largest absolute Gasteiger partial charge is 0.349 e. The zero-order valence-corrected chi connectivity index (χ0v) is 17.1. The number of hydrogen-bond acceptors (Lipinski definition) is 4. The van der Waals surface area contributed by atoms with E-state index in [1.165, 1.54) is 22.9 Å². The first kappa shape index (κ1) is 19.5. The molecule has 3 aromatic rings. The second kappa shape index (κ2) is 9.09. The van der Waals surface area contributed by atoms with Gasteiger partial charge in [0, 0.05) is 12.1 Å². The molecule has 1 aromatic heterocycles. The first-order chi connectivity index (χ1) is 14.3. The fourth-order valence-corrected chi connectivity index (χ4v) is 4.52. The van der Waals surface area contributed by atoms with Gasteiger partial charge in [0.15, 0.2) is 11.0 Å². The van der Waals surface area contributed by atoms with E-state index in [0.29, 0.717) is 12.3 Å². The maximum atomic E-state index is 12.6. The number of aryl methyl sites for hydroxylation is 1. The number of amides is 1. The number of benzene rings is 2. The van der Waals surface area contributed by atoms with Crippen molar-refractivity contribution in [3.05, 3.63) is 78.4 Å². The van der Waals surface area contributed by atoms with Crippen molar-refractivity contribution >= 4 is 17.7 Å². The number of nitrogens with zero attached hydrogens (tertiary/aromatic N) is 3. The van der Waals surface area contributed by atoms with Crippen molar-refractivity contribution in [2.75, 3.05) is 5.75 Å². The quantitative estimate of drug-likeness (QED) is 0.468. The second-order valence-electron chi connectivity index (χ2n) is 7.07. The van der Waals surface area contributed by atoms with Crippen molar-refractivity contribution in [3.8, 4) is 11.4 Å². The number of thioether (sulfide) groups is 1. The molecule has 5 nitrogen and oxygen atoms in total. The normalized spacial score (nSPS) is 15.5. The number of carbonyl (C=O) groups excluding carboxylic acids is 1. The molecule has 2 aromatic carbocycles. The Bertz CT molecular complexity index is 999. The van der Waals surface area contributed by atoms with Crippen LogP contribution in [0.4, 0.5) is 0 Å². The SMILES string of the molecule is C=CCn1c(SCC(=O)NC2CCCc3ccccc32)nnc1-c1ccccc1. The molecule has 1 N–H and O–H groups in total. The van der Waals surface area contributed by atoms with E-state index in [1.54, 1.807) is 0 Å². The number of hydrogen-bond donors (Lipinski definition) is 1. The fraction of sp³-hybridized carbons (Fsp3) is 0.261.